The number of carbonyl (C=O) groups is 1. The average molecular weight is 401 g/mol. The summed E-state index contributed by atoms with van der Waals surface area (Å²) in [5.74, 6) is 6.60. The van der Waals surface area contributed by atoms with Gasteiger partial charge in [0.15, 0.2) is 29.0 Å². The molecular weight excluding hydrogens is 374 g/mol. The molecule has 0 amide bonds. The van der Waals surface area contributed by atoms with Gasteiger partial charge in [-0.1, -0.05) is 26.2 Å². The fraction of sp³-hybridized carbons (Fsp3) is 0.600. The smallest absolute Gasteiger partial charge is 0.208 e. The lowest BCUT2D eigenvalue weighted by molar-refractivity contribution is -0.135. The molecule has 1 aliphatic rings. The van der Waals surface area contributed by atoms with Crippen LogP contribution in [-0.2, 0) is 9.53 Å². The highest BCUT2D eigenvalue weighted by Gasteiger charge is 2.47. The molecule has 156 valence electrons. The van der Waals surface area contributed by atoms with Gasteiger partial charge in [-0.2, -0.15) is 0 Å². The molecule has 2 aromatic heterocycles. The number of rotatable bonds is 7. The predicted octanol–water partition coefficient (Wildman–Crippen LogP) is 1.40. The van der Waals surface area contributed by atoms with E-state index < -0.39 is 24.5 Å². The number of carbonyl (C=O) groups excluding carboxylic acids is 1. The second-order valence-electron chi connectivity index (χ2n) is 7.02. The SMILES string of the molecule is CCCCC#Cc1nc(NC)c2ncn([C@@H]3O[C@H](C(=O)CCC)C(O)[C@@H]3O)c2n1. The molecule has 3 heterocycles. The van der Waals surface area contributed by atoms with Gasteiger partial charge in [0.1, 0.15) is 18.3 Å². The summed E-state index contributed by atoms with van der Waals surface area (Å²) >= 11 is 0. The van der Waals surface area contributed by atoms with Gasteiger partial charge in [0.2, 0.25) is 5.82 Å². The van der Waals surface area contributed by atoms with Crippen LogP contribution >= 0.6 is 0 Å². The Morgan fingerprint density at radius 1 is 1.28 bits per heavy atom. The number of anilines is 1. The Hall–Kier alpha value is -2.54. The molecule has 0 saturated carbocycles. The molecule has 29 heavy (non-hydrogen) atoms. The van der Waals surface area contributed by atoms with Crippen molar-refractivity contribution in [1.29, 1.82) is 0 Å². The lowest BCUT2D eigenvalue weighted by Crippen LogP contribution is -2.35. The number of hydrogen-bond acceptors (Lipinski definition) is 8. The van der Waals surface area contributed by atoms with Crippen molar-refractivity contribution in [3.8, 4) is 11.8 Å². The highest BCUT2D eigenvalue weighted by Crippen LogP contribution is 2.33. The number of nitrogens with one attached hydrogen (secondary N) is 1. The van der Waals surface area contributed by atoms with Crippen LogP contribution in [0.5, 0.6) is 0 Å². The first-order valence-electron chi connectivity index (χ1n) is 9.97. The molecule has 0 aliphatic carbocycles. The Balaban J connectivity index is 1.97. The molecule has 0 bridgehead atoms. The minimum absolute atomic E-state index is 0.237. The molecule has 3 rings (SSSR count). The Bertz CT molecular complexity index is 932. The standard InChI is InChI=1S/C20H27N5O4/c1-4-6-7-8-10-13-23-18(21-3)14-19(24-13)25(11-22-14)20-16(28)15(27)17(29-20)12(26)9-5-2/h11,15-17,20,27-28H,4-7,9H2,1-3H3,(H,21,23,24)/t15?,16-,17+,20+/m0/s1. The van der Waals surface area contributed by atoms with Crippen molar-refractivity contribution in [3.05, 3.63) is 12.2 Å². The molecule has 4 atom stereocenters. The van der Waals surface area contributed by atoms with E-state index in [0.717, 1.165) is 19.3 Å². The van der Waals surface area contributed by atoms with Gasteiger partial charge >= 0.3 is 0 Å². The summed E-state index contributed by atoms with van der Waals surface area (Å²) in [7, 11) is 1.72. The Morgan fingerprint density at radius 3 is 2.76 bits per heavy atom. The number of aliphatic hydroxyl groups excluding tert-OH is 2. The molecule has 1 unspecified atom stereocenters. The number of imidazole rings is 1. The minimum atomic E-state index is -1.31. The summed E-state index contributed by atoms with van der Waals surface area (Å²) in [4.78, 5) is 25.4. The second-order valence-corrected chi connectivity index (χ2v) is 7.02. The van der Waals surface area contributed by atoms with E-state index in [1.165, 1.54) is 10.9 Å². The van der Waals surface area contributed by atoms with Crippen LogP contribution in [0, 0.1) is 11.8 Å². The van der Waals surface area contributed by atoms with Gasteiger partial charge in [-0.25, -0.2) is 15.0 Å². The molecule has 0 aromatic carbocycles. The molecular formula is C20H27N5O4. The minimum Gasteiger partial charge on any atom is -0.387 e. The average Bonchev–Trinajstić information content (AvgIpc) is 3.26. The third-order valence-electron chi connectivity index (χ3n) is 4.84. The molecule has 9 nitrogen and oxygen atoms in total. The first kappa shape index (κ1) is 21.2. The summed E-state index contributed by atoms with van der Waals surface area (Å²) in [5, 5.41) is 23.8. The lowest BCUT2D eigenvalue weighted by Gasteiger charge is -2.16. The summed E-state index contributed by atoms with van der Waals surface area (Å²) in [6.07, 6.45) is 0.521. The van der Waals surface area contributed by atoms with Crippen LogP contribution in [0.1, 0.15) is 58.0 Å². The van der Waals surface area contributed by atoms with Crippen LogP contribution in [0.4, 0.5) is 5.82 Å². The number of nitrogens with zero attached hydrogens (tertiary/aromatic N) is 4. The van der Waals surface area contributed by atoms with Gasteiger partial charge in [0, 0.05) is 19.9 Å². The number of Topliss-reactive ketones (excluding diaryl/α,β-unsaturated/α-hetero) is 1. The second kappa shape index (κ2) is 9.31. The zero-order valence-electron chi connectivity index (χ0n) is 16.9. The van der Waals surface area contributed by atoms with E-state index in [0.29, 0.717) is 29.2 Å². The third kappa shape index (κ3) is 4.24. The molecule has 1 aliphatic heterocycles. The van der Waals surface area contributed by atoms with Gasteiger partial charge in [-0.3, -0.25) is 9.36 Å². The van der Waals surface area contributed by atoms with Crippen molar-refractivity contribution < 1.29 is 19.7 Å². The predicted molar refractivity (Wildman–Crippen MR) is 107 cm³/mol. The maximum Gasteiger partial charge on any atom is 0.208 e. The van der Waals surface area contributed by atoms with E-state index in [-0.39, 0.29) is 12.2 Å². The molecule has 9 heteroatoms. The van der Waals surface area contributed by atoms with Crippen molar-refractivity contribution >= 4 is 22.8 Å². The van der Waals surface area contributed by atoms with E-state index in [9.17, 15) is 15.0 Å². The van der Waals surface area contributed by atoms with E-state index in [2.05, 4.69) is 39.0 Å². The molecule has 0 spiro atoms. The number of hydrogen-bond donors (Lipinski definition) is 3. The van der Waals surface area contributed by atoms with Gasteiger partial charge < -0.3 is 20.3 Å². The first-order chi connectivity index (χ1) is 14.0. The van der Waals surface area contributed by atoms with Crippen molar-refractivity contribution in [2.75, 3.05) is 12.4 Å². The number of aliphatic hydroxyl groups is 2. The Labute approximate surface area is 169 Å². The van der Waals surface area contributed by atoms with E-state index in [1.54, 1.807) is 7.05 Å². The first-order valence-corrected chi connectivity index (χ1v) is 9.97. The van der Waals surface area contributed by atoms with Crippen LogP contribution in [-0.4, -0.2) is 60.9 Å². The zero-order chi connectivity index (χ0) is 21.0. The lowest BCUT2D eigenvalue weighted by atomic mass is 10.0. The fourth-order valence-corrected chi connectivity index (χ4v) is 3.28. The number of ether oxygens (including phenoxy) is 1. The number of fused-ring (bicyclic) bond motifs is 1. The molecule has 2 aromatic rings. The van der Waals surface area contributed by atoms with Crippen LogP contribution < -0.4 is 5.32 Å². The van der Waals surface area contributed by atoms with Crippen molar-refractivity contribution in [2.24, 2.45) is 0 Å². The summed E-state index contributed by atoms with van der Waals surface area (Å²) in [6, 6.07) is 0. The molecule has 1 fully saturated rings. The van der Waals surface area contributed by atoms with Crippen LogP contribution in [0.15, 0.2) is 6.33 Å². The van der Waals surface area contributed by atoms with E-state index >= 15 is 0 Å². The summed E-state index contributed by atoms with van der Waals surface area (Å²) in [6.45, 7) is 3.97. The topological polar surface area (TPSA) is 122 Å². The number of unbranched alkanes of at least 4 members (excludes halogenated alkanes) is 2. The number of ketones is 1. The summed E-state index contributed by atoms with van der Waals surface area (Å²) < 4.78 is 7.25. The van der Waals surface area contributed by atoms with Crippen molar-refractivity contribution in [1.82, 2.24) is 19.5 Å². The number of aromatic nitrogens is 4. The van der Waals surface area contributed by atoms with Crippen molar-refractivity contribution in [3.63, 3.8) is 0 Å². The van der Waals surface area contributed by atoms with Crippen molar-refractivity contribution in [2.45, 2.75) is 70.5 Å². The monoisotopic (exact) mass is 401 g/mol. The van der Waals surface area contributed by atoms with Gasteiger partial charge in [0.25, 0.3) is 0 Å². The Morgan fingerprint density at radius 2 is 2.07 bits per heavy atom. The Kier molecular flexibility index (Phi) is 6.79. The van der Waals surface area contributed by atoms with Gasteiger partial charge in [0.05, 0.1) is 6.33 Å². The largest absolute Gasteiger partial charge is 0.387 e. The highest BCUT2D eigenvalue weighted by atomic mass is 16.6. The quantitative estimate of drug-likeness (QED) is 0.470. The van der Waals surface area contributed by atoms with Gasteiger partial charge in [-0.05, 0) is 18.8 Å². The maximum absolute atomic E-state index is 12.2. The van der Waals surface area contributed by atoms with Crippen LogP contribution in [0.25, 0.3) is 11.2 Å². The molecule has 0 radical (unpaired) electrons. The third-order valence-corrected chi connectivity index (χ3v) is 4.84. The van der Waals surface area contributed by atoms with E-state index in [1.807, 2.05) is 6.92 Å². The van der Waals surface area contributed by atoms with Crippen LogP contribution in [0.3, 0.4) is 0 Å². The molecule has 3 N–H and O–H groups in total. The van der Waals surface area contributed by atoms with Gasteiger partial charge in [-0.15, -0.1) is 0 Å². The fourth-order valence-electron chi connectivity index (χ4n) is 3.28. The normalized spacial score (nSPS) is 23.8. The highest BCUT2D eigenvalue weighted by molar-refractivity contribution is 5.85. The maximum atomic E-state index is 12.2. The zero-order valence-corrected chi connectivity index (χ0v) is 16.9. The van der Waals surface area contributed by atoms with Crippen LogP contribution in [0.2, 0.25) is 0 Å². The summed E-state index contributed by atoms with van der Waals surface area (Å²) in [5.41, 5.74) is 0.893. The van der Waals surface area contributed by atoms with E-state index in [4.69, 9.17) is 4.74 Å². The molecule has 1 saturated heterocycles.